The molecule has 2 bridgehead atoms. The maximum absolute atomic E-state index is 10.5. The van der Waals surface area contributed by atoms with E-state index >= 15 is 0 Å². The third-order valence-electron chi connectivity index (χ3n) is 13.3. The normalized spacial score (nSPS) is 58.5. The number of hydrogen-bond donors (Lipinski definition) is 1. The van der Waals surface area contributed by atoms with Gasteiger partial charge in [-0.2, -0.15) is 0 Å². The lowest BCUT2D eigenvalue weighted by molar-refractivity contribution is -0.497. The highest BCUT2D eigenvalue weighted by Gasteiger charge is 2.75. The van der Waals surface area contributed by atoms with Crippen molar-refractivity contribution in [3.63, 3.8) is 0 Å². The summed E-state index contributed by atoms with van der Waals surface area (Å²) in [7, 11) is 0. The first-order valence-electron chi connectivity index (χ1n) is 14.2. The molecule has 0 aromatic rings. The number of fused-ring (bicyclic) bond motifs is 2. The van der Waals surface area contributed by atoms with Gasteiger partial charge in [-0.1, -0.05) is 54.5 Å². The van der Waals surface area contributed by atoms with Crippen molar-refractivity contribution in [2.24, 2.45) is 57.7 Å². The van der Waals surface area contributed by atoms with E-state index in [0.29, 0.717) is 29.1 Å². The molecule has 2 heterocycles. The molecule has 1 saturated heterocycles. The first-order chi connectivity index (χ1) is 15.4. The summed E-state index contributed by atoms with van der Waals surface area (Å²) in [5.41, 5.74) is 0.238. The molecule has 3 unspecified atom stereocenters. The first kappa shape index (κ1) is 23.0. The molecule has 1 N–H and O–H groups in total. The molecule has 5 fully saturated rings. The predicted molar refractivity (Wildman–Crippen MR) is 131 cm³/mol. The van der Waals surface area contributed by atoms with Crippen LogP contribution < -0.4 is 0 Å². The fourth-order valence-corrected chi connectivity index (χ4v) is 10.8. The fourth-order valence-electron chi connectivity index (χ4n) is 10.8. The largest absolute Gasteiger partial charge is 0.393 e. The van der Waals surface area contributed by atoms with E-state index in [1.54, 1.807) is 0 Å². The molecule has 3 heteroatoms. The van der Waals surface area contributed by atoms with Gasteiger partial charge in [0, 0.05) is 23.7 Å². The Morgan fingerprint density at radius 3 is 2.24 bits per heavy atom. The van der Waals surface area contributed by atoms with E-state index in [-0.39, 0.29) is 17.1 Å². The van der Waals surface area contributed by atoms with Crippen molar-refractivity contribution in [1.29, 1.82) is 0 Å². The minimum absolute atomic E-state index is 0.0754. The van der Waals surface area contributed by atoms with Crippen LogP contribution in [0.15, 0.2) is 12.2 Å². The summed E-state index contributed by atoms with van der Waals surface area (Å²) < 4.78 is 0. The Balaban J connectivity index is 1.30. The van der Waals surface area contributed by atoms with Crippen molar-refractivity contribution in [3.05, 3.63) is 12.2 Å². The van der Waals surface area contributed by atoms with Crippen LogP contribution in [-0.2, 0) is 9.78 Å². The molecule has 0 aromatic carbocycles. The summed E-state index contributed by atoms with van der Waals surface area (Å²) in [4.78, 5) is 12.9. The average Bonchev–Trinajstić information content (AvgIpc) is 3.33. The molecule has 5 aliphatic carbocycles. The Morgan fingerprint density at radius 1 is 0.818 bits per heavy atom. The quantitative estimate of drug-likeness (QED) is 0.368. The number of aliphatic hydroxyl groups excluding tert-OH is 1. The standard InChI is InChI=1S/C30H48O3/c1-18(2)20(4)27(6)17-23(27)19(3)22-8-9-24-26(22,5)12-11-25-28(7)13-10-21(31)16-29(28)14-15-30(24,25)33-32-29/h14-15,18-25,31H,8-13,16-17H2,1-7H3/t19-,20+,21-,22?,23+,24?,25?,26+,27+,28+,29+,30-/m0/s1. The minimum Gasteiger partial charge on any atom is -0.393 e. The lowest BCUT2D eigenvalue weighted by Gasteiger charge is -2.69. The number of aliphatic hydroxyl groups is 1. The van der Waals surface area contributed by atoms with Crippen LogP contribution in [0, 0.1) is 57.7 Å². The smallest absolute Gasteiger partial charge is 0.130 e. The SMILES string of the molecule is CC(C)[C@@H](C)[C@@]1(C)C[C@@H]1[C@@H](C)C1CCC2[C@]1(C)CCC1[C@]23C=C[C@]2(C[C@@H](O)CC[C@]12C)OO3. The summed E-state index contributed by atoms with van der Waals surface area (Å²) in [6.45, 7) is 17.5. The van der Waals surface area contributed by atoms with E-state index in [0.717, 1.165) is 42.4 Å². The third-order valence-corrected chi connectivity index (χ3v) is 13.3. The van der Waals surface area contributed by atoms with Crippen LogP contribution in [0.2, 0.25) is 0 Å². The Hall–Kier alpha value is -0.380. The second-order valence-electron chi connectivity index (χ2n) is 14.6. The topological polar surface area (TPSA) is 38.7 Å². The average molecular weight is 457 g/mol. The summed E-state index contributed by atoms with van der Waals surface area (Å²) in [5.74, 6) is 5.07. The molecule has 2 aliphatic heterocycles. The molecule has 3 nitrogen and oxygen atoms in total. The maximum atomic E-state index is 10.5. The second kappa shape index (κ2) is 6.88. The van der Waals surface area contributed by atoms with Gasteiger partial charge in [-0.15, -0.1) is 0 Å². The van der Waals surface area contributed by atoms with Gasteiger partial charge in [0.2, 0.25) is 0 Å². The van der Waals surface area contributed by atoms with Gasteiger partial charge in [0.25, 0.3) is 0 Å². The van der Waals surface area contributed by atoms with Gasteiger partial charge >= 0.3 is 0 Å². The summed E-state index contributed by atoms with van der Waals surface area (Å²) >= 11 is 0. The van der Waals surface area contributed by atoms with Gasteiger partial charge in [0.05, 0.1) is 6.10 Å². The van der Waals surface area contributed by atoms with Crippen molar-refractivity contribution >= 4 is 0 Å². The van der Waals surface area contributed by atoms with E-state index in [9.17, 15) is 5.11 Å². The molecule has 4 saturated carbocycles. The van der Waals surface area contributed by atoms with E-state index in [1.165, 1.54) is 32.1 Å². The molecular weight excluding hydrogens is 408 g/mol. The van der Waals surface area contributed by atoms with Gasteiger partial charge in [-0.25, -0.2) is 9.78 Å². The Kier molecular flexibility index (Phi) is 4.81. The van der Waals surface area contributed by atoms with Gasteiger partial charge in [0.15, 0.2) is 0 Å². The maximum Gasteiger partial charge on any atom is 0.130 e. The van der Waals surface area contributed by atoms with Crippen molar-refractivity contribution in [2.45, 2.75) is 117 Å². The Labute approximate surface area is 202 Å². The molecule has 12 atom stereocenters. The number of rotatable bonds is 4. The van der Waals surface area contributed by atoms with E-state index in [4.69, 9.17) is 9.78 Å². The van der Waals surface area contributed by atoms with Crippen LogP contribution in [0.4, 0.5) is 0 Å². The van der Waals surface area contributed by atoms with Crippen LogP contribution in [0.5, 0.6) is 0 Å². The fraction of sp³-hybridized carbons (Fsp3) is 0.933. The van der Waals surface area contributed by atoms with Gasteiger partial charge in [-0.05, 0) is 91.4 Å². The zero-order valence-electron chi connectivity index (χ0n) is 22.2. The van der Waals surface area contributed by atoms with Crippen LogP contribution >= 0.6 is 0 Å². The molecule has 0 radical (unpaired) electrons. The van der Waals surface area contributed by atoms with E-state index in [2.05, 4.69) is 60.6 Å². The summed E-state index contributed by atoms with van der Waals surface area (Å²) in [6.07, 6.45) is 13.7. The lowest BCUT2D eigenvalue weighted by Crippen LogP contribution is -2.73. The third kappa shape index (κ3) is 2.69. The molecular formula is C30H48O3. The monoisotopic (exact) mass is 456 g/mol. The molecule has 0 aromatic heterocycles. The van der Waals surface area contributed by atoms with Gasteiger partial charge < -0.3 is 5.11 Å². The zero-order chi connectivity index (χ0) is 23.6. The highest BCUT2D eigenvalue weighted by molar-refractivity contribution is 5.33. The first-order valence-corrected chi connectivity index (χ1v) is 14.2. The summed E-state index contributed by atoms with van der Waals surface area (Å²) in [5, 5.41) is 10.5. The Morgan fingerprint density at radius 2 is 1.58 bits per heavy atom. The van der Waals surface area contributed by atoms with Crippen LogP contribution in [0.1, 0.15) is 99.8 Å². The van der Waals surface area contributed by atoms with Crippen molar-refractivity contribution in [3.8, 4) is 0 Å². The molecule has 7 aliphatic rings. The highest BCUT2D eigenvalue weighted by atomic mass is 17.2. The van der Waals surface area contributed by atoms with E-state index < -0.39 is 5.60 Å². The second-order valence-corrected chi connectivity index (χ2v) is 14.6. The molecule has 186 valence electrons. The van der Waals surface area contributed by atoms with Crippen molar-refractivity contribution in [2.75, 3.05) is 0 Å². The van der Waals surface area contributed by atoms with Crippen LogP contribution in [0.3, 0.4) is 0 Å². The molecule has 2 spiro atoms. The van der Waals surface area contributed by atoms with Gasteiger partial charge in [0.1, 0.15) is 11.2 Å². The van der Waals surface area contributed by atoms with E-state index in [1.807, 2.05) is 0 Å². The van der Waals surface area contributed by atoms with Crippen molar-refractivity contribution in [1.82, 2.24) is 0 Å². The predicted octanol–water partition coefficient (Wildman–Crippen LogP) is 6.94. The lowest BCUT2D eigenvalue weighted by atomic mass is 9.42. The molecule has 33 heavy (non-hydrogen) atoms. The molecule has 7 rings (SSSR count). The molecule has 0 amide bonds. The van der Waals surface area contributed by atoms with Gasteiger partial charge in [-0.3, -0.25) is 0 Å². The Bertz CT molecular complexity index is 851. The van der Waals surface area contributed by atoms with Crippen molar-refractivity contribution < 1.29 is 14.9 Å². The van der Waals surface area contributed by atoms with Crippen LogP contribution in [-0.4, -0.2) is 22.4 Å². The highest BCUT2D eigenvalue weighted by Crippen LogP contribution is 2.74. The summed E-state index contributed by atoms with van der Waals surface area (Å²) in [6, 6.07) is 0. The zero-order valence-corrected chi connectivity index (χ0v) is 22.2. The number of hydrogen-bond acceptors (Lipinski definition) is 3. The van der Waals surface area contributed by atoms with Crippen LogP contribution in [0.25, 0.3) is 0 Å². The minimum atomic E-state index is -0.432.